The Morgan fingerprint density at radius 2 is 2.00 bits per heavy atom. The van der Waals surface area contributed by atoms with Gasteiger partial charge >= 0.3 is 0 Å². The predicted molar refractivity (Wildman–Crippen MR) is 105 cm³/mol. The van der Waals surface area contributed by atoms with Gasteiger partial charge in [0.1, 0.15) is 17.8 Å². The number of halogens is 1. The molecule has 0 unspecified atom stereocenters. The van der Waals surface area contributed by atoms with Gasteiger partial charge in [-0.3, -0.25) is 9.48 Å². The first kappa shape index (κ1) is 18.7. The number of benzene rings is 1. The van der Waals surface area contributed by atoms with Crippen molar-refractivity contribution in [3.8, 4) is 11.3 Å². The van der Waals surface area contributed by atoms with Crippen molar-refractivity contribution in [1.29, 1.82) is 0 Å². The Hall–Kier alpha value is -3.62. The van der Waals surface area contributed by atoms with Crippen LogP contribution in [-0.2, 0) is 13.1 Å². The highest BCUT2D eigenvalue weighted by Crippen LogP contribution is 2.21. The Kier molecular flexibility index (Phi) is 4.79. The van der Waals surface area contributed by atoms with Gasteiger partial charge in [0.15, 0.2) is 0 Å². The first-order valence-electron chi connectivity index (χ1n) is 9.21. The van der Waals surface area contributed by atoms with Crippen LogP contribution in [0.2, 0.25) is 0 Å². The lowest BCUT2D eigenvalue weighted by Gasteiger charge is -2.17. The molecular formula is C20H20FN7O. The summed E-state index contributed by atoms with van der Waals surface area (Å²) in [5.74, 6) is -0.259. The SMILES string of the molecule is CCn1cc(CN(C)C(=O)c2cc(-c3ccc(F)cc3)nc3ncnn23)c(C)n1. The van der Waals surface area contributed by atoms with Gasteiger partial charge in [-0.15, -0.1) is 0 Å². The van der Waals surface area contributed by atoms with Crippen LogP contribution in [0.1, 0.15) is 28.7 Å². The summed E-state index contributed by atoms with van der Waals surface area (Å²) in [6.45, 7) is 5.12. The van der Waals surface area contributed by atoms with Crippen molar-refractivity contribution in [3.63, 3.8) is 0 Å². The van der Waals surface area contributed by atoms with Gasteiger partial charge in [-0.2, -0.15) is 19.7 Å². The summed E-state index contributed by atoms with van der Waals surface area (Å²) in [4.78, 5) is 23.4. The number of hydrogen-bond acceptors (Lipinski definition) is 5. The van der Waals surface area contributed by atoms with Gasteiger partial charge in [-0.05, 0) is 44.2 Å². The van der Waals surface area contributed by atoms with E-state index in [1.807, 2.05) is 24.7 Å². The standard InChI is InChI=1S/C20H20FN7O/c1-4-27-11-15(13(2)25-27)10-26(3)19(29)18-9-17(14-5-7-16(21)8-6-14)24-20-22-12-23-28(18)20/h5-9,11-12H,4,10H2,1-3H3. The van der Waals surface area contributed by atoms with Crippen LogP contribution in [0.3, 0.4) is 0 Å². The molecule has 0 N–H and O–H groups in total. The molecule has 29 heavy (non-hydrogen) atoms. The van der Waals surface area contributed by atoms with Gasteiger partial charge in [0.05, 0.1) is 11.4 Å². The average molecular weight is 393 g/mol. The zero-order valence-electron chi connectivity index (χ0n) is 16.4. The number of rotatable bonds is 5. The van der Waals surface area contributed by atoms with Crippen molar-refractivity contribution in [2.24, 2.45) is 0 Å². The molecule has 0 saturated heterocycles. The molecule has 0 saturated carbocycles. The van der Waals surface area contributed by atoms with Gasteiger partial charge < -0.3 is 4.90 Å². The second-order valence-corrected chi connectivity index (χ2v) is 6.76. The summed E-state index contributed by atoms with van der Waals surface area (Å²) < 4.78 is 16.5. The first-order valence-corrected chi connectivity index (χ1v) is 9.21. The molecule has 0 aliphatic heterocycles. The minimum absolute atomic E-state index is 0.227. The van der Waals surface area contributed by atoms with Crippen molar-refractivity contribution >= 4 is 11.7 Å². The van der Waals surface area contributed by atoms with Crippen LogP contribution in [0.4, 0.5) is 4.39 Å². The van der Waals surface area contributed by atoms with Crippen LogP contribution < -0.4 is 0 Å². The molecule has 9 heteroatoms. The van der Waals surface area contributed by atoms with E-state index in [9.17, 15) is 9.18 Å². The third-order valence-electron chi connectivity index (χ3n) is 4.74. The van der Waals surface area contributed by atoms with E-state index in [2.05, 4.69) is 20.2 Å². The maximum absolute atomic E-state index is 13.3. The van der Waals surface area contributed by atoms with E-state index in [-0.39, 0.29) is 11.7 Å². The monoisotopic (exact) mass is 393 g/mol. The molecule has 0 aliphatic rings. The number of nitrogens with zero attached hydrogens (tertiary/aromatic N) is 7. The zero-order chi connectivity index (χ0) is 20.5. The quantitative estimate of drug-likeness (QED) is 0.521. The number of carbonyl (C=O) groups is 1. The molecule has 0 atom stereocenters. The van der Waals surface area contributed by atoms with Gasteiger partial charge in [0.25, 0.3) is 11.7 Å². The van der Waals surface area contributed by atoms with E-state index in [0.29, 0.717) is 29.3 Å². The van der Waals surface area contributed by atoms with E-state index in [1.165, 1.54) is 23.0 Å². The topological polar surface area (TPSA) is 81.2 Å². The highest BCUT2D eigenvalue weighted by Gasteiger charge is 2.20. The van der Waals surface area contributed by atoms with E-state index >= 15 is 0 Å². The Bertz CT molecular complexity index is 1180. The fraction of sp³-hybridized carbons (Fsp3) is 0.250. The lowest BCUT2D eigenvalue weighted by molar-refractivity contribution is 0.0776. The molecule has 8 nitrogen and oxygen atoms in total. The number of amides is 1. The molecular weight excluding hydrogens is 373 g/mol. The Morgan fingerprint density at radius 3 is 2.69 bits per heavy atom. The maximum Gasteiger partial charge on any atom is 0.272 e. The molecule has 3 heterocycles. The van der Waals surface area contributed by atoms with E-state index in [0.717, 1.165) is 17.8 Å². The Labute approximate surface area is 166 Å². The van der Waals surface area contributed by atoms with Gasteiger partial charge in [0.2, 0.25) is 0 Å². The third kappa shape index (κ3) is 3.58. The molecule has 1 aromatic carbocycles. The van der Waals surface area contributed by atoms with Crippen LogP contribution in [0, 0.1) is 12.7 Å². The van der Waals surface area contributed by atoms with Crippen LogP contribution in [0.5, 0.6) is 0 Å². The zero-order valence-corrected chi connectivity index (χ0v) is 16.4. The van der Waals surface area contributed by atoms with Gasteiger partial charge in [-0.1, -0.05) is 0 Å². The first-order chi connectivity index (χ1) is 14.0. The highest BCUT2D eigenvalue weighted by atomic mass is 19.1. The molecule has 0 spiro atoms. The third-order valence-corrected chi connectivity index (χ3v) is 4.74. The molecule has 4 rings (SSSR count). The second-order valence-electron chi connectivity index (χ2n) is 6.76. The number of aryl methyl sites for hydroxylation is 2. The van der Waals surface area contributed by atoms with E-state index < -0.39 is 0 Å². The Morgan fingerprint density at radius 1 is 1.24 bits per heavy atom. The van der Waals surface area contributed by atoms with E-state index in [4.69, 9.17) is 0 Å². The minimum Gasteiger partial charge on any atom is -0.336 e. The summed E-state index contributed by atoms with van der Waals surface area (Å²) in [5, 5.41) is 8.56. The maximum atomic E-state index is 13.3. The number of aromatic nitrogens is 6. The second kappa shape index (κ2) is 7.42. The fourth-order valence-corrected chi connectivity index (χ4v) is 3.13. The van der Waals surface area contributed by atoms with Crippen molar-refractivity contribution in [1.82, 2.24) is 34.3 Å². The smallest absolute Gasteiger partial charge is 0.272 e. The van der Waals surface area contributed by atoms with Crippen LogP contribution in [-0.4, -0.2) is 47.2 Å². The molecule has 4 aromatic rings. The summed E-state index contributed by atoms with van der Waals surface area (Å²) >= 11 is 0. The fourth-order valence-electron chi connectivity index (χ4n) is 3.13. The molecule has 3 aromatic heterocycles. The predicted octanol–water partition coefficient (Wildman–Crippen LogP) is 2.73. The number of fused-ring (bicyclic) bond motifs is 1. The molecule has 0 aliphatic carbocycles. The lowest BCUT2D eigenvalue weighted by atomic mass is 10.1. The van der Waals surface area contributed by atoms with Gasteiger partial charge in [0, 0.05) is 37.5 Å². The summed E-state index contributed by atoms with van der Waals surface area (Å²) in [6.07, 6.45) is 3.30. The Balaban J connectivity index is 1.70. The lowest BCUT2D eigenvalue weighted by Crippen LogP contribution is -2.28. The van der Waals surface area contributed by atoms with Crippen LogP contribution >= 0.6 is 0 Å². The molecule has 0 bridgehead atoms. The average Bonchev–Trinajstić information content (AvgIpc) is 3.33. The van der Waals surface area contributed by atoms with Crippen LogP contribution in [0.15, 0.2) is 42.9 Å². The van der Waals surface area contributed by atoms with Crippen LogP contribution in [0.25, 0.3) is 17.0 Å². The highest BCUT2D eigenvalue weighted by molar-refractivity contribution is 5.93. The molecule has 1 amide bonds. The van der Waals surface area contributed by atoms with Crippen molar-refractivity contribution in [2.75, 3.05) is 7.05 Å². The van der Waals surface area contributed by atoms with Crippen molar-refractivity contribution in [2.45, 2.75) is 26.9 Å². The summed E-state index contributed by atoms with van der Waals surface area (Å²) in [5.41, 5.74) is 3.41. The molecule has 0 fully saturated rings. The summed E-state index contributed by atoms with van der Waals surface area (Å²) in [6, 6.07) is 7.59. The normalized spacial score (nSPS) is 11.2. The largest absolute Gasteiger partial charge is 0.336 e. The number of carbonyl (C=O) groups excluding carboxylic acids is 1. The number of hydrogen-bond donors (Lipinski definition) is 0. The molecule has 0 radical (unpaired) electrons. The van der Waals surface area contributed by atoms with E-state index in [1.54, 1.807) is 30.1 Å². The van der Waals surface area contributed by atoms with Crippen molar-refractivity contribution in [3.05, 3.63) is 65.6 Å². The summed E-state index contributed by atoms with van der Waals surface area (Å²) in [7, 11) is 1.73. The van der Waals surface area contributed by atoms with Gasteiger partial charge in [-0.25, -0.2) is 9.37 Å². The molecule has 148 valence electrons. The van der Waals surface area contributed by atoms with Crippen molar-refractivity contribution < 1.29 is 9.18 Å². The minimum atomic E-state index is -0.337.